The predicted molar refractivity (Wildman–Crippen MR) is 80.6 cm³/mol. The summed E-state index contributed by atoms with van der Waals surface area (Å²) in [6, 6.07) is 4.70. The summed E-state index contributed by atoms with van der Waals surface area (Å²) >= 11 is 0. The Morgan fingerprint density at radius 3 is 2.79 bits per heavy atom. The third-order valence-electron chi connectivity index (χ3n) is 2.95. The van der Waals surface area contributed by atoms with Crippen molar-refractivity contribution in [2.75, 3.05) is 31.2 Å². The molecule has 1 rings (SSSR count). The number of ether oxygens (including phenoxy) is 1. The first-order chi connectivity index (χ1) is 9.17. The molecular weight excluding hydrogens is 238 g/mol. The smallest absolute Gasteiger partial charge is 0.0641 e. The van der Waals surface area contributed by atoms with E-state index in [1.54, 1.807) is 0 Å². The zero-order chi connectivity index (χ0) is 14.1. The molecule has 4 heteroatoms. The summed E-state index contributed by atoms with van der Waals surface area (Å²) in [7, 11) is 0. The number of nitrogens with one attached hydrogen (secondary N) is 1. The quantitative estimate of drug-likeness (QED) is 0.696. The molecule has 0 aliphatic rings. The zero-order valence-corrected chi connectivity index (χ0v) is 12.6. The Bertz CT molecular complexity index is 355. The van der Waals surface area contributed by atoms with Crippen molar-refractivity contribution in [2.45, 2.75) is 40.3 Å². The Morgan fingerprint density at radius 2 is 2.16 bits per heavy atom. The van der Waals surface area contributed by atoms with Crippen LogP contribution in [0.15, 0.2) is 18.3 Å². The van der Waals surface area contributed by atoms with Crippen molar-refractivity contribution in [3.63, 3.8) is 0 Å². The van der Waals surface area contributed by atoms with Crippen molar-refractivity contribution in [2.24, 2.45) is 0 Å². The lowest BCUT2D eigenvalue weighted by Gasteiger charge is -2.23. The number of likely N-dealkylation sites (N-methyl/N-ethyl adjacent to an activating group) is 1. The van der Waals surface area contributed by atoms with E-state index >= 15 is 0 Å². The van der Waals surface area contributed by atoms with Gasteiger partial charge in [0.05, 0.1) is 12.3 Å². The fraction of sp³-hybridized carbons (Fsp3) is 0.667. The molecule has 0 fully saturated rings. The summed E-state index contributed by atoms with van der Waals surface area (Å²) in [5.41, 5.74) is 2.30. The van der Waals surface area contributed by atoms with E-state index in [1.165, 1.54) is 5.69 Å². The Hall–Kier alpha value is -1.13. The number of rotatable bonds is 9. The van der Waals surface area contributed by atoms with Crippen LogP contribution in [0.2, 0.25) is 0 Å². The molecule has 1 aromatic rings. The first-order valence-corrected chi connectivity index (χ1v) is 7.18. The molecule has 19 heavy (non-hydrogen) atoms. The minimum absolute atomic E-state index is 0.477. The molecule has 0 atom stereocenters. The highest BCUT2D eigenvalue weighted by Gasteiger charge is 2.06. The van der Waals surface area contributed by atoms with Crippen molar-refractivity contribution in [3.05, 3.63) is 24.0 Å². The SMILES string of the molecule is CCOCCN(CC)c1ccnc(CNC(C)C)c1. The van der Waals surface area contributed by atoms with Gasteiger partial charge >= 0.3 is 0 Å². The highest BCUT2D eigenvalue weighted by atomic mass is 16.5. The molecule has 1 N–H and O–H groups in total. The van der Waals surface area contributed by atoms with Gasteiger partial charge in [0.25, 0.3) is 0 Å². The Labute approximate surface area is 117 Å². The highest BCUT2D eigenvalue weighted by Crippen LogP contribution is 2.14. The van der Waals surface area contributed by atoms with Crippen molar-refractivity contribution in [1.82, 2.24) is 10.3 Å². The fourth-order valence-corrected chi connectivity index (χ4v) is 1.86. The number of pyridine rings is 1. The first kappa shape index (κ1) is 15.9. The van der Waals surface area contributed by atoms with Gasteiger partial charge in [-0.2, -0.15) is 0 Å². The van der Waals surface area contributed by atoms with Gasteiger partial charge in [-0.1, -0.05) is 13.8 Å². The van der Waals surface area contributed by atoms with Crippen LogP contribution in [0, 0.1) is 0 Å². The number of aromatic nitrogens is 1. The van der Waals surface area contributed by atoms with E-state index in [2.05, 4.69) is 48.1 Å². The second-order valence-corrected chi connectivity index (χ2v) is 4.82. The van der Waals surface area contributed by atoms with E-state index < -0.39 is 0 Å². The Balaban J connectivity index is 2.61. The van der Waals surface area contributed by atoms with Crippen LogP contribution in [-0.2, 0) is 11.3 Å². The summed E-state index contributed by atoms with van der Waals surface area (Å²) < 4.78 is 5.43. The lowest BCUT2D eigenvalue weighted by Crippen LogP contribution is -2.27. The molecule has 0 aromatic carbocycles. The molecule has 108 valence electrons. The molecule has 0 aliphatic heterocycles. The van der Waals surface area contributed by atoms with Crippen molar-refractivity contribution < 1.29 is 4.74 Å². The molecule has 0 saturated heterocycles. The fourth-order valence-electron chi connectivity index (χ4n) is 1.86. The normalized spacial score (nSPS) is 11.0. The van der Waals surface area contributed by atoms with Crippen molar-refractivity contribution in [3.8, 4) is 0 Å². The van der Waals surface area contributed by atoms with Crippen LogP contribution in [0.5, 0.6) is 0 Å². The molecule has 0 saturated carbocycles. The Kier molecular flexibility index (Phi) is 7.45. The molecule has 0 amide bonds. The predicted octanol–water partition coefficient (Wildman–Crippen LogP) is 2.44. The van der Waals surface area contributed by atoms with E-state index in [-0.39, 0.29) is 0 Å². The summed E-state index contributed by atoms with van der Waals surface area (Å²) in [5.74, 6) is 0. The zero-order valence-electron chi connectivity index (χ0n) is 12.6. The molecule has 0 unspecified atom stereocenters. The minimum Gasteiger partial charge on any atom is -0.380 e. The monoisotopic (exact) mass is 265 g/mol. The van der Waals surface area contributed by atoms with Gasteiger partial charge < -0.3 is 15.0 Å². The molecule has 1 heterocycles. The van der Waals surface area contributed by atoms with Gasteiger partial charge in [0.15, 0.2) is 0 Å². The lowest BCUT2D eigenvalue weighted by atomic mass is 10.2. The van der Waals surface area contributed by atoms with Crippen molar-refractivity contribution >= 4 is 5.69 Å². The third kappa shape index (κ3) is 6.03. The van der Waals surface area contributed by atoms with E-state index in [4.69, 9.17) is 4.74 Å². The van der Waals surface area contributed by atoms with Gasteiger partial charge in [0.1, 0.15) is 0 Å². The average molecular weight is 265 g/mol. The van der Waals surface area contributed by atoms with Crippen LogP contribution in [-0.4, -0.2) is 37.3 Å². The van der Waals surface area contributed by atoms with Crippen LogP contribution in [0.1, 0.15) is 33.4 Å². The number of hydrogen-bond acceptors (Lipinski definition) is 4. The van der Waals surface area contributed by atoms with Crippen LogP contribution in [0.3, 0.4) is 0 Å². The second-order valence-electron chi connectivity index (χ2n) is 4.82. The lowest BCUT2D eigenvalue weighted by molar-refractivity contribution is 0.154. The second kappa shape index (κ2) is 8.88. The Morgan fingerprint density at radius 1 is 1.37 bits per heavy atom. The molecule has 0 aliphatic carbocycles. The molecule has 1 aromatic heterocycles. The molecule has 0 radical (unpaired) electrons. The van der Waals surface area contributed by atoms with Gasteiger partial charge in [-0.05, 0) is 26.0 Å². The van der Waals surface area contributed by atoms with Crippen LogP contribution >= 0.6 is 0 Å². The highest BCUT2D eigenvalue weighted by molar-refractivity contribution is 5.46. The van der Waals surface area contributed by atoms with E-state index in [0.717, 1.165) is 38.5 Å². The van der Waals surface area contributed by atoms with Gasteiger partial charge in [0.2, 0.25) is 0 Å². The van der Waals surface area contributed by atoms with E-state index in [1.807, 2.05) is 13.1 Å². The maximum Gasteiger partial charge on any atom is 0.0641 e. The molecule has 0 bridgehead atoms. The van der Waals surface area contributed by atoms with Gasteiger partial charge in [-0.25, -0.2) is 0 Å². The van der Waals surface area contributed by atoms with Crippen molar-refractivity contribution in [1.29, 1.82) is 0 Å². The third-order valence-corrected chi connectivity index (χ3v) is 2.95. The van der Waals surface area contributed by atoms with Crippen LogP contribution in [0.25, 0.3) is 0 Å². The average Bonchev–Trinajstić information content (AvgIpc) is 2.42. The largest absolute Gasteiger partial charge is 0.380 e. The maximum absolute atomic E-state index is 5.43. The summed E-state index contributed by atoms with van der Waals surface area (Å²) in [6.45, 7) is 12.7. The molecule has 4 nitrogen and oxygen atoms in total. The van der Waals surface area contributed by atoms with Gasteiger partial charge in [0, 0.05) is 44.2 Å². The maximum atomic E-state index is 5.43. The van der Waals surface area contributed by atoms with Crippen LogP contribution in [0.4, 0.5) is 5.69 Å². The molecular formula is C15H27N3O. The van der Waals surface area contributed by atoms with Gasteiger partial charge in [-0.3, -0.25) is 4.98 Å². The minimum atomic E-state index is 0.477. The molecule has 0 spiro atoms. The summed E-state index contributed by atoms with van der Waals surface area (Å²) in [6.07, 6.45) is 1.88. The number of hydrogen-bond donors (Lipinski definition) is 1. The van der Waals surface area contributed by atoms with E-state index in [0.29, 0.717) is 6.04 Å². The van der Waals surface area contributed by atoms with Crippen LogP contribution < -0.4 is 10.2 Å². The number of nitrogens with zero attached hydrogens (tertiary/aromatic N) is 2. The topological polar surface area (TPSA) is 37.4 Å². The summed E-state index contributed by atoms with van der Waals surface area (Å²) in [4.78, 5) is 6.72. The summed E-state index contributed by atoms with van der Waals surface area (Å²) in [5, 5.41) is 3.39. The first-order valence-electron chi connectivity index (χ1n) is 7.18. The standard InChI is InChI=1S/C15H27N3O/c1-5-18(9-10-19-6-2)15-7-8-16-14(11-15)12-17-13(3)4/h7-8,11,13,17H,5-6,9-10,12H2,1-4H3. The number of anilines is 1. The van der Waals surface area contributed by atoms with Gasteiger partial charge in [-0.15, -0.1) is 0 Å². The van der Waals surface area contributed by atoms with E-state index in [9.17, 15) is 0 Å².